The number of para-hydroxylation sites is 1. The third-order valence-corrected chi connectivity index (χ3v) is 1.66. The van der Waals surface area contributed by atoms with E-state index in [1.165, 1.54) is 6.08 Å². The highest BCUT2D eigenvalue weighted by molar-refractivity contribution is 6.02. The Kier molecular flexibility index (Phi) is 3.61. The van der Waals surface area contributed by atoms with Gasteiger partial charge >= 0.3 is 0 Å². The summed E-state index contributed by atoms with van der Waals surface area (Å²) in [5, 5.41) is 2.61. The van der Waals surface area contributed by atoms with E-state index < -0.39 is 0 Å². The molecule has 0 radical (unpaired) electrons. The highest BCUT2D eigenvalue weighted by Gasteiger charge is 2.01. The molecule has 0 saturated heterocycles. The minimum Gasteiger partial charge on any atom is -0.322 e. The summed E-state index contributed by atoms with van der Waals surface area (Å²) < 4.78 is 0. The normalized spacial score (nSPS) is 10.1. The summed E-state index contributed by atoms with van der Waals surface area (Å²) in [5.74, 6) is -0.234. The molecule has 0 bridgehead atoms. The van der Waals surface area contributed by atoms with Gasteiger partial charge in [-0.05, 0) is 25.1 Å². The van der Waals surface area contributed by atoms with E-state index in [1.807, 2.05) is 0 Å². The predicted molar refractivity (Wildman–Crippen MR) is 55.3 cm³/mol. The molecular weight excluding hydrogens is 178 g/mol. The SMILES string of the molecule is C/C=C/C(=O)Nc1ccccc1C=O. The van der Waals surface area contributed by atoms with Crippen molar-refractivity contribution in [2.45, 2.75) is 6.92 Å². The van der Waals surface area contributed by atoms with Crippen LogP contribution < -0.4 is 5.32 Å². The monoisotopic (exact) mass is 189 g/mol. The summed E-state index contributed by atoms with van der Waals surface area (Å²) >= 11 is 0. The van der Waals surface area contributed by atoms with Crippen molar-refractivity contribution in [1.82, 2.24) is 0 Å². The van der Waals surface area contributed by atoms with E-state index in [0.29, 0.717) is 17.5 Å². The zero-order chi connectivity index (χ0) is 10.4. The molecule has 1 aromatic rings. The Hall–Kier alpha value is -1.90. The molecule has 0 heterocycles. The number of amides is 1. The lowest BCUT2D eigenvalue weighted by atomic mass is 10.2. The number of hydrogen-bond acceptors (Lipinski definition) is 2. The van der Waals surface area contributed by atoms with E-state index in [4.69, 9.17) is 0 Å². The van der Waals surface area contributed by atoms with E-state index in [-0.39, 0.29) is 5.91 Å². The number of hydrogen-bond donors (Lipinski definition) is 1. The van der Waals surface area contributed by atoms with Crippen molar-refractivity contribution in [2.24, 2.45) is 0 Å². The van der Waals surface area contributed by atoms with Gasteiger partial charge in [0, 0.05) is 5.56 Å². The third kappa shape index (κ3) is 2.55. The topological polar surface area (TPSA) is 46.2 Å². The van der Waals surface area contributed by atoms with Crippen LogP contribution in [0.4, 0.5) is 5.69 Å². The lowest BCUT2D eigenvalue weighted by molar-refractivity contribution is -0.111. The largest absolute Gasteiger partial charge is 0.322 e. The zero-order valence-corrected chi connectivity index (χ0v) is 7.86. The molecule has 0 aliphatic rings. The fourth-order valence-electron chi connectivity index (χ4n) is 1.04. The fourth-order valence-corrected chi connectivity index (χ4v) is 1.04. The molecule has 0 aromatic heterocycles. The van der Waals surface area contributed by atoms with Crippen molar-refractivity contribution in [3.63, 3.8) is 0 Å². The van der Waals surface area contributed by atoms with Gasteiger partial charge in [0.05, 0.1) is 5.69 Å². The average Bonchev–Trinajstić information content (AvgIpc) is 2.19. The summed E-state index contributed by atoms with van der Waals surface area (Å²) in [4.78, 5) is 21.8. The summed E-state index contributed by atoms with van der Waals surface area (Å²) in [7, 11) is 0. The lowest BCUT2D eigenvalue weighted by Gasteiger charge is -2.03. The Morgan fingerprint density at radius 2 is 2.07 bits per heavy atom. The fraction of sp³-hybridized carbons (Fsp3) is 0.0909. The molecule has 1 aromatic carbocycles. The van der Waals surface area contributed by atoms with E-state index in [1.54, 1.807) is 37.3 Å². The third-order valence-electron chi connectivity index (χ3n) is 1.66. The first kappa shape index (κ1) is 10.2. The Labute approximate surface area is 82.4 Å². The molecule has 14 heavy (non-hydrogen) atoms. The van der Waals surface area contributed by atoms with Gasteiger partial charge in [-0.3, -0.25) is 9.59 Å². The minimum atomic E-state index is -0.234. The van der Waals surface area contributed by atoms with Gasteiger partial charge in [0.1, 0.15) is 0 Å². The van der Waals surface area contributed by atoms with Gasteiger partial charge in [0.2, 0.25) is 5.91 Å². The van der Waals surface area contributed by atoms with Crippen LogP contribution in [0.15, 0.2) is 36.4 Å². The van der Waals surface area contributed by atoms with Crippen LogP contribution in [0.5, 0.6) is 0 Å². The quantitative estimate of drug-likeness (QED) is 0.584. The molecule has 72 valence electrons. The highest BCUT2D eigenvalue weighted by Crippen LogP contribution is 2.12. The molecule has 0 aliphatic heterocycles. The highest BCUT2D eigenvalue weighted by atomic mass is 16.1. The number of benzene rings is 1. The van der Waals surface area contributed by atoms with Gasteiger partial charge in [0.15, 0.2) is 6.29 Å². The van der Waals surface area contributed by atoms with Crippen LogP contribution >= 0.6 is 0 Å². The van der Waals surface area contributed by atoms with Crippen LogP contribution in [-0.4, -0.2) is 12.2 Å². The number of allylic oxidation sites excluding steroid dienone is 1. The Bertz CT molecular complexity index is 369. The molecule has 1 amide bonds. The van der Waals surface area contributed by atoms with Crippen LogP contribution in [0.1, 0.15) is 17.3 Å². The molecular formula is C11H11NO2. The van der Waals surface area contributed by atoms with Crippen LogP contribution in [0.25, 0.3) is 0 Å². The Morgan fingerprint density at radius 1 is 1.36 bits per heavy atom. The lowest BCUT2D eigenvalue weighted by Crippen LogP contribution is -2.09. The van der Waals surface area contributed by atoms with Crippen LogP contribution in [0.3, 0.4) is 0 Å². The number of anilines is 1. The van der Waals surface area contributed by atoms with Crippen LogP contribution in [0, 0.1) is 0 Å². The second kappa shape index (κ2) is 4.97. The van der Waals surface area contributed by atoms with Crippen LogP contribution in [0.2, 0.25) is 0 Å². The number of nitrogens with one attached hydrogen (secondary N) is 1. The average molecular weight is 189 g/mol. The van der Waals surface area contributed by atoms with E-state index in [9.17, 15) is 9.59 Å². The molecule has 0 saturated carbocycles. The van der Waals surface area contributed by atoms with Crippen molar-refractivity contribution < 1.29 is 9.59 Å². The summed E-state index contributed by atoms with van der Waals surface area (Å²) in [5.41, 5.74) is 1.01. The maximum Gasteiger partial charge on any atom is 0.248 e. The van der Waals surface area contributed by atoms with E-state index in [0.717, 1.165) is 0 Å². The molecule has 0 aliphatic carbocycles. The first-order valence-corrected chi connectivity index (χ1v) is 4.26. The standard InChI is InChI=1S/C11H11NO2/c1-2-5-11(14)12-10-7-4-3-6-9(10)8-13/h2-8H,1H3,(H,12,14)/b5-2+. The minimum absolute atomic E-state index is 0.234. The van der Waals surface area contributed by atoms with Gasteiger partial charge in [-0.2, -0.15) is 0 Å². The maximum atomic E-state index is 11.2. The molecule has 3 nitrogen and oxygen atoms in total. The first-order valence-electron chi connectivity index (χ1n) is 4.26. The smallest absolute Gasteiger partial charge is 0.248 e. The van der Waals surface area contributed by atoms with Gasteiger partial charge < -0.3 is 5.32 Å². The Balaban J connectivity index is 2.85. The summed E-state index contributed by atoms with van der Waals surface area (Å²) in [6, 6.07) is 6.84. The zero-order valence-electron chi connectivity index (χ0n) is 7.86. The van der Waals surface area contributed by atoms with Gasteiger partial charge in [0.25, 0.3) is 0 Å². The number of rotatable bonds is 3. The molecule has 0 unspecified atom stereocenters. The van der Waals surface area contributed by atoms with Gasteiger partial charge in [-0.1, -0.05) is 18.2 Å². The van der Waals surface area contributed by atoms with E-state index >= 15 is 0 Å². The first-order chi connectivity index (χ1) is 6.77. The van der Waals surface area contributed by atoms with Crippen molar-refractivity contribution >= 4 is 17.9 Å². The molecule has 0 atom stereocenters. The number of carbonyl (C=O) groups excluding carboxylic acids is 2. The van der Waals surface area contributed by atoms with Gasteiger partial charge in [-0.25, -0.2) is 0 Å². The van der Waals surface area contributed by atoms with Crippen molar-refractivity contribution in [1.29, 1.82) is 0 Å². The molecule has 0 spiro atoms. The Morgan fingerprint density at radius 3 is 2.71 bits per heavy atom. The second-order valence-corrected chi connectivity index (χ2v) is 2.69. The van der Waals surface area contributed by atoms with Crippen LogP contribution in [-0.2, 0) is 4.79 Å². The molecule has 0 fully saturated rings. The molecule has 3 heteroatoms. The maximum absolute atomic E-state index is 11.2. The molecule has 1 rings (SSSR count). The number of aldehydes is 1. The number of carbonyl (C=O) groups is 2. The van der Waals surface area contributed by atoms with Crippen molar-refractivity contribution in [3.8, 4) is 0 Å². The summed E-state index contributed by atoms with van der Waals surface area (Å²) in [6.45, 7) is 1.76. The molecule has 1 N–H and O–H groups in total. The predicted octanol–water partition coefficient (Wildman–Crippen LogP) is 2.01. The summed E-state index contributed by atoms with van der Waals surface area (Å²) in [6.07, 6.45) is 3.76. The van der Waals surface area contributed by atoms with E-state index in [2.05, 4.69) is 5.32 Å². The van der Waals surface area contributed by atoms with Crippen molar-refractivity contribution in [3.05, 3.63) is 42.0 Å². The van der Waals surface area contributed by atoms with Gasteiger partial charge in [-0.15, -0.1) is 0 Å². The van der Waals surface area contributed by atoms with Crippen molar-refractivity contribution in [2.75, 3.05) is 5.32 Å². The second-order valence-electron chi connectivity index (χ2n) is 2.69.